The van der Waals surface area contributed by atoms with Crippen LogP contribution in [0.1, 0.15) is 23.9 Å². The van der Waals surface area contributed by atoms with Gasteiger partial charge in [-0.1, -0.05) is 0 Å². The van der Waals surface area contributed by atoms with Gasteiger partial charge in [-0.2, -0.15) is 5.10 Å². The van der Waals surface area contributed by atoms with Gasteiger partial charge in [0.05, 0.1) is 24.8 Å². The second-order valence-electron chi connectivity index (χ2n) is 6.25. The number of rotatable bonds is 7. The van der Waals surface area contributed by atoms with E-state index in [1.165, 1.54) is 0 Å². The molecule has 3 rings (SSSR count). The van der Waals surface area contributed by atoms with Crippen molar-refractivity contribution in [1.29, 1.82) is 0 Å². The van der Waals surface area contributed by atoms with Gasteiger partial charge in [-0.05, 0) is 50.2 Å². The highest BCUT2D eigenvalue weighted by Gasteiger charge is 2.13. The number of thioether (sulfide) groups is 1. The molecule has 27 heavy (non-hydrogen) atoms. The van der Waals surface area contributed by atoms with Crippen LogP contribution in [0.2, 0.25) is 0 Å². The van der Waals surface area contributed by atoms with E-state index in [2.05, 4.69) is 17.3 Å². The minimum Gasteiger partial charge on any atom is -0.468 e. The Kier molecular flexibility index (Phi) is 6.24. The number of carbonyl (C=O) groups is 1. The van der Waals surface area contributed by atoms with Crippen molar-refractivity contribution in [2.45, 2.75) is 37.6 Å². The molecule has 1 N–H and O–H groups in total. The third-order valence-corrected chi connectivity index (χ3v) is 5.36. The summed E-state index contributed by atoms with van der Waals surface area (Å²) in [7, 11) is 1.78. The Morgan fingerprint density at radius 3 is 2.70 bits per heavy atom. The van der Waals surface area contributed by atoms with Crippen molar-refractivity contribution in [3.63, 3.8) is 0 Å². The molecule has 0 saturated heterocycles. The molecule has 0 radical (unpaired) electrons. The van der Waals surface area contributed by atoms with Crippen molar-refractivity contribution in [1.82, 2.24) is 14.7 Å². The Morgan fingerprint density at radius 2 is 2.07 bits per heavy atom. The number of aryl methyl sites for hydroxylation is 1. The van der Waals surface area contributed by atoms with Gasteiger partial charge in [0.1, 0.15) is 5.76 Å². The monoisotopic (exact) mass is 384 g/mol. The Balaban J connectivity index is 1.52. The maximum atomic E-state index is 12.4. The molecule has 0 saturated carbocycles. The number of amides is 2. The lowest BCUT2D eigenvalue weighted by Gasteiger charge is -2.18. The number of anilines is 1. The van der Waals surface area contributed by atoms with E-state index in [1.807, 2.05) is 54.2 Å². The molecule has 2 heterocycles. The summed E-state index contributed by atoms with van der Waals surface area (Å²) in [6, 6.07) is 11.5. The number of benzene rings is 1. The molecular weight excluding hydrogens is 360 g/mol. The normalized spacial score (nSPS) is 10.8. The van der Waals surface area contributed by atoms with Crippen LogP contribution < -0.4 is 5.32 Å². The zero-order valence-electron chi connectivity index (χ0n) is 15.8. The highest BCUT2D eigenvalue weighted by molar-refractivity contribution is 7.98. The minimum absolute atomic E-state index is 0.144. The third kappa shape index (κ3) is 4.95. The molecule has 7 heteroatoms. The maximum absolute atomic E-state index is 12.4. The second kappa shape index (κ2) is 8.81. The van der Waals surface area contributed by atoms with Gasteiger partial charge in [0.25, 0.3) is 0 Å². The first-order valence-corrected chi connectivity index (χ1v) is 9.84. The molecule has 0 aliphatic heterocycles. The van der Waals surface area contributed by atoms with E-state index in [0.29, 0.717) is 6.54 Å². The van der Waals surface area contributed by atoms with Crippen LogP contribution in [0.15, 0.2) is 58.2 Å². The van der Waals surface area contributed by atoms with Crippen molar-refractivity contribution < 1.29 is 9.21 Å². The predicted molar refractivity (Wildman–Crippen MR) is 108 cm³/mol. The van der Waals surface area contributed by atoms with Crippen LogP contribution in [0.25, 0.3) is 0 Å². The molecule has 0 atom stereocenters. The fraction of sp³-hybridized carbons (Fsp3) is 0.300. The number of nitrogens with one attached hydrogen (secondary N) is 1. The van der Waals surface area contributed by atoms with Gasteiger partial charge in [0.2, 0.25) is 0 Å². The fourth-order valence-corrected chi connectivity index (χ4v) is 3.49. The lowest BCUT2D eigenvalue weighted by molar-refractivity contribution is 0.220. The van der Waals surface area contributed by atoms with Crippen molar-refractivity contribution in [3.05, 3.63) is 65.9 Å². The summed E-state index contributed by atoms with van der Waals surface area (Å²) in [6.45, 7) is 5.42. The van der Waals surface area contributed by atoms with Gasteiger partial charge in [-0.25, -0.2) is 4.79 Å². The molecule has 1 aromatic carbocycles. The molecule has 0 fully saturated rings. The van der Waals surface area contributed by atoms with Crippen LogP contribution in [-0.2, 0) is 18.8 Å². The summed E-state index contributed by atoms with van der Waals surface area (Å²) in [6.07, 6.45) is 3.51. The zero-order valence-corrected chi connectivity index (χ0v) is 16.6. The van der Waals surface area contributed by atoms with E-state index in [0.717, 1.165) is 39.9 Å². The maximum Gasteiger partial charge on any atom is 0.321 e. The molecule has 2 amide bonds. The summed E-state index contributed by atoms with van der Waals surface area (Å²) in [5.74, 6) is 1.73. The summed E-state index contributed by atoms with van der Waals surface area (Å²) < 4.78 is 7.27. The SMILES string of the molecule is CCn1ncc(CN(C)C(=O)Nc2ccc(SCc3ccco3)cc2)c1C. The first-order chi connectivity index (χ1) is 13.1. The van der Waals surface area contributed by atoms with Crippen molar-refractivity contribution in [2.75, 3.05) is 12.4 Å². The van der Waals surface area contributed by atoms with Crippen LogP contribution in [0, 0.1) is 6.92 Å². The van der Waals surface area contributed by atoms with Gasteiger partial charge < -0.3 is 14.6 Å². The number of aromatic nitrogens is 2. The molecule has 3 aromatic rings. The van der Waals surface area contributed by atoms with E-state index in [1.54, 1.807) is 30.0 Å². The topological polar surface area (TPSA) is 63.3 Å². The largest absolute Gasteiger partial charge is 0.468 e. The number of nitrogens with zero attached hydrogens (tertiary/aromatic N) is 3. The van der Waals surface area contributed by atoms with Crippen LogP contribution in [0.5, 0.6) is 0 Å². The molecule has 0 aliphatic rings. The number of urea groups is 1. The highest BCUT2D eigenvalue weighted by Crippen LogP contribution is 2.24. The van der Waals surface area contributed by atoms with E-state index in [-0.39, 0.29) is 6.03 Å². The molecule has 0 aliphatic carbocycles. The first kappa shape index (κ1) is 19.1. The van der Waals surface area contributed by atoms with Gasteiger partial charge in [-0.15, -0.1) is 11.8 Å². The number of furan rings is 1. The Bertz CT molecular complexity index is 872. The molecular formula is C20H24N4O2S. The van der Waals surface area contributed by atoms with Crippen LogP contribution >= 0.6 is 11.8 Å². The average Bonchev–Trinajstić information content (AvgIpc) is 3.31. The Hall–Kier alpha value is -2.67. The average molecular weight is 385 g/mol. The molecule has 0 bridgehead atoms. The summed E-state index contributed by atoms with van der Waals surface area (Å²) in [5, 5.41) is 7.26. The lowest BCUT2D eigenvalue weighted by Crippen LogP contribution is -2.31. The van der Waals surface area contributed by atoms with Crippen LogP contribution in [0.3, 0.4) is 0 Å². The van der Waals surface area contributed by atoms with Crippen molar-refractivity contribution in [2.24, 2.45) is 0 Å². The Labute approximate surface area is 163 Å². The van der Waals surface area contributed by atoms with E-state index in [4.69, 9.17) is 4.42 Å². The van der Waals surface area contributed by atoms with Crippen LogP contribution in [0.4, 0.5) is 10.5 Å². The predicted octanol–water partition coefficient (Wildman–Crippen LogP) is 4.76. The van der Waals surface area contributed by atoms with E-state index >= 15 is 0 Å². The van der Waals surface area contributed by atoms with E-state index in [9.17, 15) is 4.79 Å². The number of hydrogen-bond donors (Lipinski definition) is 1. The van der Waals surface area contributed by atoms with E-state index < -0.39 is 0 Å². The first-order valence-electron chi connectivity index (χ1n) is 8.85. The number of hydrogen-bond acceptors (Lipinski definition) is 4. The third-order valence-electron chi connectivity index (χ3n) is 4.33. The summed E-state index contributed by atoms with van der Waals surface area (Å²) >= 11 is 1.69. The molecule has 0 unspecified atom stereocenters. The molecule has 2 aromatic heterocycles. The minimum atomic E-state index is -0.144. The Morgan fingerprint density at radius 1 is 1.30 bits per heavy atom. The van der Waals surface area contributed by atoms with Gasteiger partial charge in [0, 0.05) is 35.4 Å². The highest BCUT2D eigenvalue weighted by atomic mass is 32.2. The quantitative estimate of drug-likeness (QED) is 0.597. The molecule has 0 spiro atoms. The summed E-state index contributed by atoms with van der Waals surface area (Å²) in [5.41, 5.74) is 2.92. The van der Waals surface area contributed by atoms with Crippen molar-refractivity contribution >= 4 is 23.5 Å². The van der Waals surface area contributed by atoms with Crippen LogP contribution in [-0.4, -0.2) is 27.8 Å². The standard InChI is InChI=1S/C20H24N4O2S/c1-4-24-15(2)16(12-21-24)13-23(3)20(25)22-17-7-9-19(10-8-17)27-14-18-6-5-11-26-18/h5-12H,4,13-14H2,1-3H3,(H,22,25). The second-order valence-corrected chi connectivity index (χ2v) is 7.30. The molecule has 6 nitrogen and oxygen atoms in total. The zero-order chi connectivity index (χ0) is 19.2. The van der Waals surface area contributed by atoms with Gasteiger partial charge >= 0.3 is 6.03 Å². The molecule has 142 valence electrons. The summed E-state index contributed by atoms with van der Waals surface area (Å²) in [4.78, 5) is 15.2. The fourth-order valence-electron chi connectivity index (χ4n) is 2.69. The lowest BCUT2D eigenvalue weighted by atomic mass is 10.2. The van der Waals surface area contributed by atoms with Gasteiger partial charge in [0.15, 0.2) is 0 Å². The van der Waals surface area contributed by atoms with Crippen molar-refractivity contribution in [3.8, 4) is 0 Å². The van der Waals surface area contributed by atoms with Gasteiger partial charge in [-0.3, -0.25) is 4.68 Å². The smallest absolute Gasteiger partial charge is 0.321 e. The number of carbonyl (C=O) groups excluding carboxylic acids is 1.